The van der Waals surface area contributed by atoms with Crippen LogP contribution in [-0.2, 0) is 30.6 Å². The molecule has 1 aromatic carbocycles. The number of nitrogens with zero attached hydrogens (tertiary/aromatic N) is 1. The Kier molecular flexibility index (Phi) is 7.06. The summed E-state index contributed by atoms with van der Waals surface area (Å²) in [6.07, 6.45) is 0.462. The normalized spacial score (nSPS) is 18.0. The molecule has 0 aliphatic carbocycles. The number of rotatable bonds is 8. The summed E-state index contributed by atoms with van der Waals surface area (Å²) in [6, 6.07) is 4.75. The average molecular weight is 399 g/mol. The van der Waals surface area contributed by atoms with Crippen molar-refractivity contribution in [3.05, 3.63) is 23.8 Å². The first-order valence-electron chi connectivity index (χ1n) is 8.57. The maximum atomic E-state index is 12.9. The standard InChI is InChI=1S/C18H25NO7S/c1-24-15-5-4-13(10-16(15)25-2)11-17(20)19(8-6-18(21)26-3)14-7-9-27(22,23)12-14/h4-5,10,14H,6-9,11-12H2,1-3H3/t14-/m1/s1. The fraction of sp³-hybridized carbons (Fsp3) is 0.556. The third-order valence-corrected chi connectivity index (χ3v) is 6.31. The van der Waals surface area contributed by atoms with Gasteiger partial charge in [-0.05, 0) is 24.1 Å². The van der Waals surface area contributed by atoms with Gasteiger partial charge in [-0.2, -0.15) is 0 Å². The molecule has 0 bridgehead atoms. The molecule has 8 nitrogen and oxygen atoms in total. The number of benzene rings is 1. The highest BCUT2D eigenvalue weighted by Gasteiger charge is 2.34. The molecule has 150 valence electrons. The molecule has 2 rings (SSSR count). The third-order valence-electron chi connectivity index (χ3n) is 4.56. The van der Waals surface area contributed by atoms with Gasteiger partial charge >= 0.3 is 5.97 Å². The van der Waals surface area contributed by atoms with E-state index in [1.807, 2.05) is 0 Å². The number of carbonyl (C=O) groups excluding carboxylic acids is 2. The molecule has 27 heavy (non-hydrogen) atoms. The summed E-state index contributed by atoms with van der Waals surface area (Å²) in [4.78, 5) is 25.8. The Balaban J connectivity index is 2.16. The zero-order valence-electron chi connectivity index (χ0n) is 15.8. The largest absolute Gasteiger partial charge is 0.493 e. The number of ether oxygens (including phenoxy) is 3. The van der Waals surface area contributed by atoms with E-state index in [0.717, 1.165) is 0 Å². The smallest absolute Gasteiger partial charge is 0.307 e. The van der Waals surface area contributed by atoms with Crippen LogP contribution in [0.5, 0.6) is 11.5 Å². The van der Waals surface area contributed by atoms with E-state index in [-0.39, 0.29) is 36.8 Å². The van der Waals surface area contributed by atoms with Crippen LogP contribution >= 0.6 is 0 Å². The lowest BCUT2D eigenvalue weighted by molar-refractivity contribution is -0.142. The summed E-state index contributed by atoms with van der Waals surface area (Å²) >= 11 is 0. The van der Waals surface area contributed by atoms with Crippen molar-refractivity contribution < 1.29 is 32.2 Å². The van der Waals surface area contributed by atoms with Crippen LogP contribution in [-0.4, -0.2) is 70.6 Å². The van der Waals surface area contributed by atoms with Gasteiger partial charge in [0.2, 0.25) is 5.91 Å². The van der Waals surface area contributed by atoms with Crippen molar-refractivity contribution >= 4 is 21.7 Å². The van der Waals surface area contributed by atoms with E-state index in [0.29, 0.717) is 23.5 Å². The van der Waals surface area contributed by atoms with Crippen molar-refractivity contribution in [2.75, 3.05) is 39.4 Å². The summed E-state index contributed by atoms with van der Waals surface area (Å²) in [7, 11) is 1.15. The molecule has 0 spiro atoms. The van der Waals surface area contributed by atoms with E-state index >= 15 is 0 Å². The zero-order chi connectivity index (χ0) is 20.0. The van der Waals surface area contributed by atoms with Gasteiger partial charge in [0.25, 0.3) is 0 Å². The van der Waals surface area contributed by atoms with Gasteiger partial charge in [-0.1, -0.05) is 6.07 Å². The molecule has 0 aromatic heterocycles. The van der Waals surface area contributed by atoms with E-state index in [2.05, 4.69) is 4.74 Å². The Labute approximate surface area is 159 Å². The molecule has 9 heteroatoms. The fourth-order valence-electron chi connectivity index (χ4n) is 3.11. The number of hydrogen-bond donors (Lipinski definition) is 0. The van der Waals surface area contributed by atoms with Crippen LogP contribution in [0.1, 0.15) is 18.4 Å². The van der Waals surface area contributed by atoms with Crippen LogP contribution in [0.2, 0.25) is 0 Å². The first-order chi connectivity index (χ1) is 12.8. The molecule has 1 amide bonds. The number of esters is 1. The number of amides is 1. The molecule has 1 atom stereocenters. The minimum absolute atomic E-state index is 0.0186. The van der Waals surface area contributed by atoms with Crippen LogP contribution in [0.15, 0.2) is 18.2 Å². The molecular formula is C18H25NO7S. The average Bonchev–Trinajstić information content (AvgIpc) is 3.00. The number of carbonyl (C=O) groups is 2. The first kappa shape index (κ1) is 21.0. The summed E-state index contributed by atoms with van der Waals surface area (Å²) in [5, 5.41) is 0. The van der Waals surface area contributed by atoms with E-state index in [1.54, 1.807) is 18.2 Å². The third kappa shape index (κ3) is 5.59. The van der Waals surface area contributed by atoms with Gasteiger partial charge in [-0.3, -0.25) is 9.59 Å². The minimum atomic E-state index is -3.16. The summed E-state index contributed by atoms with van der Waals surface area (Å²) in [5.41, 5.74) is 0.710. The van der Waals surface area contributed by atoms with Gasteiger partial charge in [0.05, 0.1) is 45.7 Å². The molecule has 1 fully saturated rings. The van der Waals surface area contributed by atoms with Crippen molar-refractivity contribution in [3.8, 4) is 11.5 Å². The number of hydrogen-bond acceptors (Lipinski definition) is 7. The van der Waals surface area contributed by atoms with E-state index in [9.17, 15) is 18.0 Å². The highest BCUT2D eigenvalue weighted by atomic mass is 32.2. The second-order valence-corrected chi connectivity index (χ2v) is 8.56. The van der Waals surface area contributed by atoms with Gasteiger partial charge in [0.1, 0.15) is 0 Å². The predicted octanol–water partition coefficient (Wildman–Crippen LogP) is 0.825. The highest BCUT2D eigenvalue weighted by Crippen LogP contribution is 2.28. The van der Waals surface area contributed by atoms with Crippen LogP contribution < -0.4 is 9.47 Å². The topological polar surface area (TPSA) is 99.2 Å². The van der Waals surface area contributed by atoms with Gasteiger partial charge in [0, 0.05) is 12.6 Å². The molecule has 1 aliphatic heterocycles. The van der Waals surface area contributed by atoms with Gasteiger partial charge in [0.15, 0.2) is 21.3 Å². The fourth-order valence-corrected chi connectivity index (χ4v) is 4.84. The second kappa shape index (κ2) is 9.07. The lowest BCUT2D eigenvalue weighted by atomic mass is 10.1. The van der Waals surface area contributed by atoms with Crippen molar-refractivity contribution in [1.82, 2.24) is 4.90 Å². The van der Waals surface area contributed by atoms with Crippen LogP contribution in [0, 0.1) is 0 Å². The molecule has 0 N–H and O–H groups in total. The second-order valence-electron chi connectivity index (χ2n) is 6.34. The Morgan fingerprint density at radius 2 is 1.85 bits per heavy atom. The molecular weight excluding hydrogens is 374 g/mol. The first-order valence-corrected chi connectivity index (χ1v) is 10.4. The Hall–Kier alpha value is -2.29. The summed E-state index contributed by atoms with van der Waals surface area (Å²) in [5.74, 6) is 0.348. The molecule has 0 saturated carbocycles. The predicted molar refractivity (Wildman–Crippen MR) is 98.7 cm³/mol. The van der Waals surface area contributed by atoms with E-state index < -0.39 is 21.8 Å². The van der Waals surface area contributed by atoms with E-state index in [4.69, 9.17) is 9.47 Å². The quantitative estimate of drug-likeness (QED) is 0.597. The van der Waals surface area contributed by atoms with Crippen molar-refractivity contribution in [2.24, 2.45) is 0 Å². The van der Waals surface area contributed by atoms with Crippen molar-refractivity contribution in [1.29, 1.82) is 0 Å². The van der Waals surface area contributed by atoms with Crippen LogP contribution in [0.3, 0.4) is 0 Å². The maximum Gasteiger partial charge on any atom is 0.307 e. The Morgan fingerprint density at radius 3 is 2.41 bits per heavy atom. The minimum Gasteiger partial charge on any atom is -0.493 e. The van der Waals surface area contributed by atoms with E-state index in [1.165, 1.54) is 26.2 Å². The Morgan fingerprint density at radius 1 is 1.15 bits per heavy atom. The van der Waals surface area contributed by atoms with Gasteiger partial charge in [-0.15, -0.1) is 0 Å². The lowest BCUT2D eigenvalue weighted by Crippen LogP contribution is -2.43. The lowest BCUT2D eigenvalue weighted by Gasteiger charge is -2.28. The Bertz CT molecular complexity index is 791. The zero-order valence-corrected chi connectivity index (χ0v) is 16.6. The number of methoxy groups -OCH3 is 3. The van der Waals surface area contributed by atoms with Crippen molar-refractivity contribution in [2.45, 2.75) is 25.3 Å². The van der Waals surface area contributed by atoms with Crippen LogP contribution in [0.4, 0.5) is 0 Å². The maximum absolute atomic E-state index is 12.9. The number of sulfone groups is 1. The highest BCUT2D eigenvalue weighted by molar-refractivity contribution is 7.91. The van der Waals surface area contributed by atoms with Crippen LogP contribution in [0.25, 0.3) is 0 Å². The SMILES string of the molecule is COC(=O)CCN(C(=O)Cc1ccc(OC)c(OC)c1)[C@@H]1CCS(=O)(=O)C1. The molecule has 0 unspecified atom stereocenters. The molecule has 1 aromatic rings. The van der Waals surface area contributed by atoms with Gasteiger partial charge < -0.3 is 19.1 Å². The molecule has 1 saturated heterocycles. The molecule has 1 aliphatic rings. The summed E-state index contributed by atoms with van der Waals surface area (Å²) < 4.78 is 38.7. The monoisotopic (exact) mass is 399 g/mol. The summed E-state index contributed by atoms with van der Waals surface area (Å²) in [6.45, 7) is 0.124. The molecule has 1 heterocycles. The van der Waals surface area contributed by atoms with Gasteiger partial charge in [-0.25, -0.2) is 8.42 Å². The van der Waals surface area contributed by atoms with Crippen molar-refractivity contribution in [3.63, 3.8) is 0 Å². The molecule has 0 radical (unpaired) electrons.